The quantitative estimate of drug-likeness (QED) is 0.457. The van der Waals surface area contributed by atoms with Crippen LogP contribution in [0.5, 0.6) is 0 Å². The lowest BCUT2D eigenvalue weighted by atomic mass is 9.91. The second-order valence-corrected chi connectivity index (χ2v) is 5.96. The fraction of sp³-hybridized carbons (Fsp3) is 0.462. The Morgan fingerprint density at radius 2 is 2.15 bits per heavy atom. The first-order chi connectivity index (χ1) is 9.52. The predicted molar refractivity (Wildman–Crippen MR) is 80.6 cm³/mol. The van der Waals surface area contributed by atoms with E-state index < -0.39 is 4.92 Å². The molecule has 1 aliphatic rings. The molecule has 0 spiro atoms. The molecule has 20 heavy (non-hydrogen) atoms. The van der Waals surface area contributed by atoms with Crippen LogP contribution >= 0.6 is 27.5 Å². The number of hydrogen-bond acceptors (Lipinski definition) is 3. The van der Waals surface area contributed by atoms with Crippen LogP contribution in [0.2, 0.25) is 5.02 Å². The minimum absolute atomic E-state index is 0.159. The Morgan fingerprint density at radius 3 is 2.65 bits per heavy atom. The molecule has 0 unspecified atom stereocenters. The molecule has 1 amide bonds. The van der Waals surface area contributed by atoms with Gasteiger partial charge in [0.05, 0.1) is 4.92 Å². The molecule has 0 aliphatic heterocycles. The van der Waals surface area contributed by atoms with Crippen LogP contribution in [0.3, 0.4) is 0 Å². The molecule has 1 aromatic carbocycles. The summed E-state index contributed by atoms with van der Waals surface area (Å²) in [5.41, 5.74) is 0.116. The van der Waals surface area contributed by atoms with Crippen molar-refractivity contribution >= 4 is 39.1 Å². The summed E-state index contributed by atoms with van der Waals surface area (Å²) in [4.78, 5) is 24.6. The summed E-state index contributed by atoms with van der Waals surface area (Å²) in [5.74, 6) is -0.195. The number of benzene rings is 1. The Morgan fingerprint density at radius 1 is 1.45 bits per heavy atom. The van der Waals surface area contributed by atoms with Crippen LogP contribution in [0.4, 0.5) is 5.69 Å². The van der Waals surface area contributed by atoms with Crippen LogP contribution in [-0.2, 0) is 0 Å². The van der Waals surface area contributed by atoms with Gasteiger partial charge >= 0.3 is 0 Å². The predicted octanol–water partition coefficient (Wildman–Crippen LogP) is 3.64. The molecule has 0 heterocycles. The summed E-state index contributed by atoms with van der Waals surface area (Å²) < 4.78 is 0. The van der Waals surface area contributed by atoms with Gasteiger partial charge in [-0.15, -0.1) is 0 Å². The zero-order valence-electron chi connectivity index (χ0n) is 10.7. The standard InChI is InChI=1S/C13H14BrClN2O3/c14-4-5-16(11-2-1-3-11)13(18)9-6-10(15)8-12(7-9)17(19)20/h6-8,11H,1-5H2. The van der Waals surface area contributed by atoms with Gasteiger partial charge < -0.3 is 4.90 Å². The van der Waals surface area contributed by atoms with Crippen molar-refractivity contribution < 1.29 is 9.72 Å². The average Bonchev–Trinajstić information content (AvgIpc) is 2.34. The van der Waals surface area contributed by atoms with Gasteiger partial charge in [-0.3, -0.25) is 14.9 Å². The molecule has 0 aromatic heterocycles. The largest absolute Gasteiger partial charge is 0.335 e. The third kappa shape index (κ3) is 3.30. The molecule has 1 aliphatic carbocycles. The number of nitro benzene ring substituents is 1. The van der Waals surface area contributed by atoms with Crippen LogP contribution in [0.1, 0.15) is 29.6 Å². The Labute approximate surface area is 130 Å². The van der Waals surface area contributed by atoms with Crippen LogP contribution in [0.15, 0.2) is 18.2 Å². The Kier molecular flexibility index (Phi) is 4.99. The van der Waals surface area contributed by atoms with Crippen LogP contribution in [-0.4, -0.2) is 33.6 Å². The molecule has 0 N–H and O–H groups in total. The molecular formula is C13H14BrClN2O3. The smallest absolute Gasteiger partial charge is 0.271 e. The Bertz CT molecular complexity index is 534. The maximum Gasteiger partial charge on any atom is 0.271 e. The summed E-state index contributed by atoms with van der Waals surface area (Å²) >= 11 is 9.20. The lowest BCUT2D eigenvalue weighted by molar-refractivity contribution is -0.384. The van der Waals surface area contributed by atoms with E-state index in [1.165, 1.54) is 18.2 Å². The summed E-state index contributed by atoms with van der Waals surface area (Å²) in [6, 6.07) is 4.25. The Balaban J connectivity index is 2.28. The molecule has 1 fully saturated rings. The molecule has 0 bridgehead atoms. The van der Waals surface area contributed by atoms with Gasteiger partial charge in [-0.1, -0.05) is 27.5 Å². The van der Waals surface area contributed by atoms with E-state index in [1.54, 1.807) is 4.90 Å². The van der Waals surface area contributed by atoms with Crippen LogP contribution in [0, 0.1) is 10.1 Å². The molecule has 2 rings (SSSR count). The number of rotatable bonds is 5. The highest BCUT2D eigenvalue weighted by Gasteiger charge is 2.29. The van der Waals surface area contributed by atoms with Crippen molar-refractivity contribution in [2.24, 2.45) is 0 Å². The fourth-order valence-corrected chi connectivity index (χ4v) is 2.82. The zero-order valence-corrected chi connectivity index (χ0v) is 13.1. The van der Waals surface area contributed by atoms with Gasteiger partial charge in [0.15, 0.2) is 0 Å². The highest BCUT2D eigenvalue weighted by molar-refractivity contribution is 9.09. The maximum absolute atomic E-state index is 12.5. The van der Waals surface area contributed by atoms with Gasteiger partial charge in [-0.05, 0) is 25.3 Å². The summed E-state index contributed by atoms with van der Waals surface area (Å²) in [5, 5.41) is 11.7. The highest BCUT2D eigenvalue weighted by Crippen LogP contribution is 2.28. The SMILES string of the molecule is O=C(c1cc(Cl)cc([N+](=O)[O-])c1)N(CCBr)C1CCC1. The highest BCUT2D eigenvalue weighted by atomic mass is 79.9. The van der Waals surface area contributed by atoms with Gasteiger partial charge in [0.1, 0.15) is 0 Å². The van der Waals surface area contributed by atoms with Crippen molar-refractivity contribution in [1.29, 1.82) is 0 Å². The molecule has 0 radical (unpaired) electrons. The summed E-state index contributed by atoms with van der Waals surface area (Å²) in [6.07, 6.45) is 3.09. The number of nitrogens with zero attached hydrogens (tertiary/aromatic N) is 2. The molecular weight excluding hydrogens is 348 g/mol. The van der Waals surface area contributed by atoms with E-state index in [0.29, 0.717) is 11.9 Å². The lowest BCUT2D eigenvalue weighted by Crippen LogP contribution is -2.45. The van der Waals surface area contributed by atoms with E-state index in [9.17, 15) is 14.9 Å². The molecule has 108 valence electrons. The minimum atomic E-state index is -0.541. The van der Waals surface area contributed by atoms with Crippen molar-refractivity contribution in [3.8, 4) is 0 Å². The van der Waals surface area contributed by atoms with E-state index >= 15 is 0 Å². The second-order valence-electron chi connectivity index (χ2n) is 4.73. The minimum Gasteiger partial charge on any atom is -0.335 e. The number of halogens is 2. The lowest BCUT2D eigenvalue weighted by Gasteiger charge is -2.37. The van der Waals surface area contributed by atoms with Crippen LogP contribution < -0.4 is 0 Å². The van der Waals surface area contributed by atoms with Crippen molar-refractivity contribution in [1.82, 2.24) is 4.90 Å². The normalized spacial score (nSPS) is 14.7. The average molecular weight is 362 g/mol. The monoisotopic (exact) mass is 360 g/mol. The van der Waals surface area contributed by atoms with Gasteiger partial charge in [0.25, 0.3) is 11.6 Å². The number of amides is 1. The Hall–Kier alpha value is -1.14. The van der Waals surface area contributed by atoms with Gasteiger partial charge in [-0.25, -0.2) is 0 Å². The number of non-ortho nitro benzene ring substituents is 1. The van der Waals surface area contributed by atoms with Gasteiger partial charge in [0, 0.05) is 40.6 Å². The van der Waals surface area contributed by atoms with E-state index in [4.69, 9.17) is 11.6 Å². The third-order valence-electron chi connectivity index (χ3n) is 3.44. The summed E-state index contributed by atoms with van der Waals surface area (Å²) in [6.45, 7) is 0.587. The van der Waals surface area contributed by atoms with E-state index in [1.807, 2.05) is 0 Å². The number of carbonyl (C=O) groups is 1. The fourth-order valence-electron chi connectivity index (χ4n) is 2.21. The molecule has 5 nitrogen and oxygen atoms in total. The summed E-state index contributed by atoms with van der Waals surface area (Å²) in [7, 11) is 0. The first-order valence-corrected chi connectivity index (χ1v) is 7.85. The van der Waals surface area contributed by atoms with E-state index in [-0.39, 0.29) is 28.2 Å². The molecule has 1 aromatic rings. The maximum atomic E-state index is 12.5. The van der Waals surface area contributed by atoms with Crippen LogP contribution in [0.25, 0.3) is 0 Å². The van der Waals surface area contributed by atoms with Crippen molar-refractivity contribution in [3.05, 3.63) is 38.9 Å². The third-order valence-corrected chi connectivity index (χ3v) is 4.01. The first-order valence-electron chi connectivity index (χ1n) is 6.35. The zero-order chi connectivity index (χ0) is 14.7. The molecule has 0 saturated heterocycles. The van der Waals surface area contributed by atoms with Crippen molar-refractivity contribution in [3.63, 3.8) is 0 Å². The van der Waals surface area contributed by atoms with Crippen molar-refractivity contribution in [2.75, 3.05) is 11.9 Å². The van der Waals surface area contributed by atoms with Gasteiger partial charge in [0.2, 0.25) is 0 Å². The van der Waals surface area contributed by atoms with E-state index in [2.05, 4.69) is 15.9 Å². The second kappa shape index (κ2) is 6.54. The molecule has 7 heteroatoms. The number of alkyl halides is 1. The number of nitro groups is 1. The van der Waals surface area contributed by atoms with Gasteiger partial charge in [-0.2, -0.15) is 0 Å². The topological polar surface area (TPSA) is 63.4 Å². The number of carbonyl (C=O) groups excluding carboxylic acids is 1. The number of hydrogen-bond donors (Lipinski definition) is 0. The molecule has 1 saturated carbocycles. The molecule has 0 atom stereocenters. The van der Waals surface area contributed by atoms with E-state index in [0.717, 1.165) is 19.3 Å². The van der Waals surface area contributed by atoms with Crippen molar-refractivity contribution in [2.45, 2.75) is 25.3 Å². The first kappa shape index (κ1) is 15.3.